The van der Waals surface area contributed by atoms with Gasteiger partial charge in [0.2, 0.25) is 5.91 Å². The molecule has 0 radical (unpaired) electrons. The van der Waals surface area contributed by atoms with Gasteiger partial charge in [-0.2, -0.15) is 0 Å². The normalized spacial score (nSPS) is 13.2. The molecule has 0 bridgehead atoms. The number of aliphatic carboxylic acids is 1. The minimum Gasteiger partial charge on any atom is -0.481 e. The Morgan fingerprint density at radius 2 is 1.17 bits per heavy atom. The Bertz CT molecular complexity index is 1360. The second kappa shape index (κ2) is 25.8. The number of hydrogen-bond donors (Lipinski definition) is 3. The quantitative estimate of drug-likeness (QED) is 0.0410. The van der Waals surface area contributed by atoms with Crippen LogP contribution in [-0.4, -0.2) is 65.8 Å². The highest BCUT2D eigenvalue weighted by Gasteiger charge is 2.37. The number of carboxylic acids is 1. The van der Waals surface area contributed by atoms with Crippen molar-refractivity contribution in [2.75, 3.05) is 20.2 Å². The van der Waals surface area contributed by atoms with E-state index >= 15 is 0 Å². The Hall–Kier alpha value is -3.13. The SMILES string of the molecule is CCCCCCCCCCCCCCC(CC(=O)NCCC[Si](C)(C)O[Si](C)(CCCNC(=O)c1ccc(C(=O)c2ccccc2)cc1)OC)C(=O)O. The summed E-state index contributed by atoms with van der Waals surface area (Å²) < 4.78 is 12.6. The first-order valence-corrected chi connectivity index (χ1v) is 25.8. The van der Waals surface area contributed by atoms with Crippen molar-refractivity contribution in [1.29, 1.82) is 0 Å². The molecule has 296 valence electrons. The van der Waals surface area contributed by atoms with E-state index in [4.69, 9.17) is 8.54 Å². The van der Waals surface area contributed by atoms with Crippen LogP contribution >= 0.6 is 0 Å². The zero-order valence-corrected chi connectivity index (χ0v) is 35.3. The van der Waals surface area contributed by atoms with Gasteiger partial charge in [-0.25, -0.2) is 0 Å². The van der Waals surface area contributed by atoms with Gasteiger partial charge in [0, 0.05) is 43.3 Å². The monoisotopic (exact) mass is 768 g/mol. The summed E-state index contributed by atoms with van der Waals surface area (Å²) in [6.45, 7) is 9.57. The Morgan fingerprint density at radius 1 is 0.660 bits per heavy atom. The molecule has 0 spiro atoms. The van der Waals surface area contributed by atoms with E-state index in [1.165, 1.54) is 57.8 Å². The van der Waals surface area contributed by atoms with E-state index in [-0.39, 0.29) is 24.0 Å². The number of carbonyl (C=O) groups is 4. The molecule has 9 nitrogen and oxygen atoms in total. The fraction of sp³-hybridized carbons (Fsp3) is 0.619. The van der Waals surface area contributed by atoms with Crippen LogP contribution in [0.2, 0.25) is 31.7 Å². The zero-order chi connectivity index (χ0) is 39.0. The summed E-state index contributed by atoms with van der Waals surface area (Å²) >= 11 is 0. The van der Waals surface area contributed by atoms with Gasteiger partial charge in [-0.1, -0.05) is 126 Å². The molecule has 2 unspecified atom stereocenters. The number of carbonyl (C=O) groups excluding carboxylic acids is 3. The lowest BCUT2D eigenvalue weighted by Crippen LogP contribution is -2.48. The minimum absolute atomic E-state index is 0.0229. The van der Waals surface area contributed by atoms with Crippen LogP contribution in [0, 0.1) is 5.92 Å². The second-order valence-electron chi connectivity index (χ2n) is 15.2. The molecule has 0 aromatic heterocycles. The number of nitrogens with one attached hydrogen (secondary N) is 2. The van der Waals surface area contributed by atoms with E-state index in [1.807, 2.05) is 18.2 Å². The van der Waals surface area contributed by atoms with Crippen LogP contribution < -0.4 is 10.6 Å². The number of rotatable bonds is 30. The molecule has 0 saturated carbocycles. The van der Waals surface area contributed by atoms with Gasteiger partial charge in [-0.3, -0.25) is 19.2 Å². The summed E-state index contributed by atoms with van der Waals surface area (Å²) in [7, 11) is -2.93. The number of unbranched alkanes of at least 4 members (excludes halogenated alkanes) is 11. The summed E-state index contributed by atoms with van der Waals surface area (Å²) in [5, 5.41) is 15.6. The Morgan fingerprint density at radius 3 is 1.74 bits per heavy atom. The molecule has 11 heteroatoms. The Balaban J connectivity index is 1.62. The molecule has 0 fully saturated rings. The van der Waals surface area contributed by atoms with Crippen LogP contribution in [0.15, 0.2) is 54.6 Å². The first kappa shape index (κ1) is 46.0. The molecule has 0 aliphatic carbocycles. The highest BCUT2D eigenvalue weighted by Crippen LogP contribution is 2.24. The maximum atomic E-state index is 12.7. The fourth-order valence-electron chi connectivity index (χ4n) is 6.66. The summed E-state index contributed by atoms with van der Waals surface area (Å²) in [4.78, 5) is 49.8. The van der Waals surface area contributed by atoms with E-state index in [9.17, 15) is 24.3 Å². The fourth-order valence-corrected chi connectivity index (χ4v) is 14.5. The van der Waals surface area contributed by atoms with Crippen LogP contribution in [0.3, 0.4) is 0 Å². The van der Waals surface area contributed by atoms with Crippen molar-refractivity contribution in [2.45, 2.75) is 141 Å². The smallest absolute Gasteiger partial charge is 0.324 e. The maximum absolute atomic E-state index is 12.7. The first-order chi connectivity index (χ1) is 25.4. The second-order valence-corrected chi connectivity index (χ2v) is 23.2. The number of hydrogen-bond acceptors (Lipinski definition) is 6. The van der Waals surface area contributed by atoms with Gasteiger partial charge in [0.1, 0.15) is 0 Å². The Labute approximate surface area is 321 Å². The molecule has 2 atom stereocenters. The summed E-state index contributed by atoms with van der Waals surface area (Å²) in [6, 6.07) is 17.3. The highest BCUT2D eigenvalue weighted by atomic mass is 28.4. The lowest BCUT2D eigenvalue weighted by Gasteiger charge is -2.35. The maximum Gasteiger partial charge on any atom is 0.324 e. The number of benzene rings is 2. The van der Waals surface area contributed by atoms with E-state index in [0.29, 0.717) is 42.6 Å². The van der Waals surface area contributed by atoms with Crippen molar-refractivity contribution in [3.8, 4) is 0 Å². The van der Waals surface area contributed by atoms with Crippen LogP contribution in [-0.2, 0) is 18.1 Å². The predicted molar refractivity (Wildman–Crippen MR) is 219 cm³/mol. The molecule has 0 heterocycles. The highest BCUT2D eigenvalue weighted by molar-refractivity contribution is 6.82. The van der Waals surface area contributed by atoms with Gasteiger partial charge >= 0.3 is 14.5 Å². The van der Waals surface area contributed by atoms with Crippen molar-refractivity contribution >= 4 is 40.4 Å². The van der Waals surface area contributed by atoms with E-state index < -0.39 is 28.8 Å². The van der Waals surface area contributed by atoms with Crippen molar-refractivity contribution < 1.29 is 32.8 Å². The van der Waals surface area contributed by atoms with Gasteiger partial charge in [0.25, 0.3) is 5.91 Å². The Kier molecular flexibility index (Phi) is 22.4. The molecular formula is C42H68N2O7Si2. The van der Waals surface area contributed by atoms with Crippen molar-refractivity contribution in [3.63, 3.8) is 0 Å². The van der Waals surface area contributed by atoms with E-state index in [1.54, 1.807) is 43.5 Å². The molecule has 0 aliphatic heterocycles. The standard InChI is InChI=1S/C42H68N2O7Si2/c1-6-7-8-9-10-11-12-13-14-15-16-18-25-38(42(48)49)34-39(45)43-30-21-32-52(3,4)51-53(5,50-2)33-22-31-44-41(47)37-28-26-36(27-29-37)40(46)35-23-19-17-20-24-35/h17,19-20,23-24,26-29,38H,6-16,18,21-22,25,30-34H2,1-5H3,(H,43,45)(H,44,47)(H,48,49). The molecule has 3 N–H and O–H groups in total. The van der Waals surface area contributed by atoms with Crippen molar-refractivity contribution in [1.82, 2.24) is 10.6 Å². The van der Waals surface area contributed by atoms with Gasteiger partial charge < -0.3 is 24.3 Å². The number of amides is 2. The third kappa shape index (κ3) is 19.7. The molecule has 0 aliphatic rings. The summed E-state index contributed by atoms with van der Waals surface area (Å²) in [5.41, 5.74) is 1.64. The topological polar surface area (TPSA) is 131 Å². The lowest BCUT2D eigenvalue weighted by atomic mass is 9.96. The average Bonchev–Trinajstić information content (AvgIpc) is 3.14. The number of ketones is 1. The summed E-state index contributed by atoms with van der Waals surface area (Å²) in [5.74, 6) is -2.00. The van der Waals surface area contributed by atoms with Crippen LogP contribution in [0.5, 0.6) is 0 Å². The molecule has 2 aromatic carbocycles. The van der Waals surface area contributed by atoms with Crippen LogP contribution in [0.1, 0.15) is 136 Å². The molecule has 2 aromatic rings. The van der Waals surface area contributed by atoms with E-state index in [2.05, 4.69) is 37.2 Å². The van der Waals surface area contributed by atoms with E-state index in [0.717, 1.165) is 37.8 Å². The minimum atomic E-state index is -2.49. The van der Waals surface area contributed by atoms with Crippen LogP contribution in [0.25, 0.3) is 0 Å². The molecular weight excluding hydrogens is 701 g/mol. The van der Waals surface area contributed by atoms with Crippen molar-refractivity contribution in [3.05, 3.63) is 71.3 Å². The molecule has 2 rings (SSSR count). The van der Waals surface area contributed by atoms with Crippen molar-refractivity contribution in [2.24, 2.45) is 5.92 Å². The largest absolute Gasteiger partial charge is 0.481 e. The van der Waals surface area contributed by atoms with Crippen LogP contribution in [0.4, 0.5) is 0 Å². The zero-order valence-electron chi connectivity index (χ0n) is 33.3. The third-order valence-electron chi connectivity index (χ3n) is 9.93. The molecule has 53 heavy (non-hydrogen) atoms. The van der Waals surface area contributed by atoms with Gasteiger partial charge in [0.15, 0.2) is 14.1 Å². The molecule has 0 saturated heterocycles. The number of carboxylic acid groups (broad SMARTS) is 1. The average molecular weight is 769 g/mol. The lowest BCUT2D eigenvalue weighted by molar-refractivity contribution is -0.144. The third-order valence-corrected chi connectivity index (χ3v) is 17.5. The predicted octanol–water partition coefficient (Wildman–Crippen LogP) is 9.67. The van der Waals surface area contributed by atoms with Gasteiger partial charge in [0.05, 0.1) is 5.92 Å². The van der Waals surface area contributed by atoms with Gasteiger partial charge in [-0.05, 0) is 63.1 Å². The first-order valence-electron chi connectivity index (χ1n) is 20.1. The van der Waals surface area contributed by atoms with Gasteiger partial charge in [-0.15, -0.1) is 0 Å². The summed E-state index contributed by atoms with van der Waals surface area (Å²) in [6.07, 6.45) is 16.8. The molecule has 2 amide bonds.